The topological polar surface area (TPSA) is 137 Å². The van der Waals surface area contributed by atoms with Crippen LogP contribution >= 0.6 is 0 Å². The maximum Gasteiger partial charge on any atom is 0.416 e. The summed E-state index contributed by atoms with van der Waals surface area (Å²) in [5.41, 5.74) is 2.71. The number of rotatable bonds is 5. The van der Waals surface area contributed by atoms with E-state index in [4.69, 9.17) is 20.3 Å². The number of nitrogen functional groups attached to an aromatic ring is 1. The first-order valence-corrected chi connectivity index (χ1v) is 12.0. The van der Waals surface area contributed by atoms with Crippen LogP contribution in [0.3, 0.4) is 0 Å². The van der Waals surface area contributed by atoms with Gasteiger partial charge in [0.05, 0.1) is 36.5 Å². The van der Waals surface area contributed by atoms with Gasteiger partial charge in [0.15, 0.2) is 0 Å². The van der Waals surface area contributed by atoms with Gasteiger partial charge in [0.1, 0.15) is 11.6 Å². The van der Waals surface area contributed by atoms with E-state index < -0.39 is 58.1 Å². The molecule has 0 aliphatic heterocycles. The molecule has 9 nitrogen and oxygen atoms in total. The van der Waals surface area contributed by atoms with Crippen LogP contribution in [-0.2, 0) is 12.4 Å². The molecule has 0 fully saturated rings. The number of aromatic nitrogens is 2. The second-order valence-electron chi connectivity index (χ2n) is 8.36. The van der Waals surface area contributed by atoms with Crippen molar-refractivity contribution in [2.75, 3.05) is 25.3 Å². The average Bonchev–Trinajstić information content (AvgIpc) is 2.96. The van der Waals surface area contributed by atoms with Crippen LogP contribution in [0, 0.1) is 11.6 Å². The summed E-state index contributed by atoms with van der Waals surface area (Å²) in [6, 6.07) is 9.17. The minimum atomic E-state index is -4.67. The normalized spacial score (nSPS) is 10.8. The van der Waals surface area contributed by atoms with Crippen molar-refractivity contribution in [1.29, 1.82) is 0 Å². The largest absolute Gasteiger partial charge is 0.481 e. The Kier molecular flexibility index (Phi) is 12.1. The van der Waals surface area contributed by atoms with Crippen LogP contribution in [0.4, 0.5) is 46.5 Å². The highest BCUT2D eigenvalue weighted by molar-refractivity contribution is 6.04. The summed E-state index contributed by atoms with van der Waals surface area (Å²) in [5, 5.41) is 10.7. The third-order valence-corrected chi connectivity index (χ3v) is 5.24. The summed E-state index contributed by atoms with van der Waals surface area (Å²) in [5.74, 6) is -4.35. The van der Waals surface area contributed by atoms with Gasteiger partial charge < -0.3 is 25.6 Å². The molecule has 2 aromatic carbocycles. The maximum atomic E-state index is 13.7. The quantitative estimate of drug-likeness (QED) is 0.204. The van der Waals surface area contributed by atoms with Gasteiger partial charge in [-0.3, -0.25) is 4.79 Å². The lowest BCUT2D eigenvalue weighted by Gasteiger charge is -2.10. The molecule has 0 aliphatic carbocycles. The Bertz CT molecular complexity index is 1630. The Hall–Kier alpha value is -5.48. The SMILES string of the molecule is COc1cc(N)ccn1.COc1cc(NC(=O)c2ccc(C(F)(F)F)cc2F)ccn1.O=C(O)c1ccc(C(F)(F)F)cc1F. The summed E-state index contributed by atoms with van der Waals surface area (Å²) < 4.78 is 109. The van der Waals surface area contributed by atoms with Gasteiger partial charge >= 0.3 is 18.3 Å². The van der Waals surface area contributed by atoms with E-state index in [9.17, 15) is 44.7 Å². The van der Waals surface area contributed by atoms with E-state index in [-0.39, 0.29) is 23.7 Å². The average molecular weight is 646 g/mol. The van der Waals surface area contributed by atoms with Gasteiger partial charge in [0.2, 0.25) is 11.8 Å². The van der Waals surface area contributed by atoms with Crippen molar-refractivity contribution in [2.24, 2.45) is 0 Å². The summed E-state index contributed by atoms with van der Waals surface area (Å²) in [7, 11) is 2.94. The number of nitrogens with one attached hydrogen (secondary N) is 1. The fourth-order valence-corrected chi connectivity index (χ4v) is 3.07. The Morgan fingerprint density at radius 1 is 0.733 bits per heavy atom. The predicted molar refractivity (Wildman–Crippen MR) is 144 cm³/mol. The number of pyridine rings is 2. The van der Waals surface area contributed by atoms with Crippen LogP contribution in [0.15, 0.2) is 73.1 Å². The number of hydrogen-bond donors (Lipinski definition) is 3. The van der Waals surface area contributed by atoms with Gasteiger partial charge in [-0.05, 0) is 48.5 Å². The van der Waals surface area contributed by atoms with Crippen LogP contribution in [0.2, 0.25) is 0 Å². The first-order chi connectivity index (χ1) is 21.0. The van der Waals surface area contributed by atoms with E-state index in [1.807, 2.05) is 0 Å². The van der Waals surface area contributed by atoms with Crippen molar-refractivity contribution in [2.45, 2.75) is 12.4 Å². The zero-order chi connectivity index (χ0) is 33.9. The van der Waals surface area contributed by atoms with Gasteiger partial charge in [-0.1, -0.05) is 0 Å². The van der Waals surface area contributed by atoms with Crippen LogP contribution in [0.1, 0.15) is 31.8 Å². The molecule has 0 bridgehead atoms. The molecule has 4 aromatic rings. The predicted octanol–water partition coefficient (Wildman–Crippen LogP) is 6.72. The third-order valence-electron chi connectivity index (χ3n) is 5.24. The summed E-state index contributed by atoms with van der Waals surface area (Å²) in [6.45, 7) is 0. The fourth-order valence-electron chi connectivity index (χ4n) is 3.07. The van der Waals surface area contributed by atoms with Crippen molar-refractivity contribution >= 4 is 23.3 Å². The lowest BCUT2D eigenvalue weighted by Crippen LogP contribution is -2.15. The zero-order valence-electron chi connectivity index (χ0n) is 23.0. The van der Waals surface area contributed by atoms with E-state index in [1.54, 1.807) is 25.4 Å². The number of halogens is 8. The van der Waals surface area contributed by atoms with Gasteiger partial charge in [-0.25, -0.2) is 23.5 Å². The smallest absolute Gasteiger partial charge is 0.416 e. The molecule has 17 heteroatoms. The number of hydrogen-bond acceptors (Lipinski definition) is 7. The van der Waals surface area contributed by atoms with Crippen molar-refractivity contribution in [3.05, 3.63) is 107 Å². The highest BCUT2D eigenvalue weighted by atomic mass is 19.4. The van der Waals surface area contributed by atoms with E-state index in [1.165, 1.54) is 25.4 Å². The lowest BCUT2D eigenvalue weighted by atomic mass is 10.1. The molecular formula is C28H22F8N4O5. The van der Waals surface area contributed by atoms with E-state index >= 15 is 0 Å². The maximum absolute atomic E-state index is 13.7. The highest BCUT2D eigenvalue weighted by Crippen LogP contribution is 2.31. The standard InChI is InChI=1S/C14H10F4N2O2.C8H4F4O2.C6H8N2O/c1-22-12-7-9(4-5-19-12)20-13(21)10-3-2-8(6-11(10)15)14(16,17)18;9-6-3-4(8(10,11)12)1-2-5(6)7(13)14;1-9-6-4-5(7)2-3-8-6/h2-7H,1H3,(H,19,20,21);1-3H,(H,13,14);2-4H,1H3,(H2,7,8). The number of carbonyl (C=O) groups is 2. The van der Waals surface area contributed by atoms with Gasteiger partial charge in [0.25, 0.3) is 5.91 Å². The second-order valence-corrected chi connectivity index (χ2v) is 8.36. The lowest BCUT2D eigenvalue weighted by molar-refractivity contribution is -0.138. The van der Waals surface area contributed by atoms with Gasteiger partial charge in [0, 0.05) is 35.9 Å². The van der Waals surface area contributed by atoms with Gasteiger partial charge in [-0.2, -0.15) is 26.3 Å². The van der Waals surface area contributed by atoms with Crippen molar-refractivity contribution < 1.29 is 59.3 Å². The number of amides is 1. The monoisotopic (exact) mass is 646 g/mol. The molecule has 0 aliphatic rings. The third kappa shape index (κ3) is 10.9. The minimum Gasteiger partial charge on any atom is -0.481 e. The number of nitrogens with zero attached hydrogens (tertiary/aromatic N) is 2. The Labute approximate surface area is 249 Å². The summed E-state index contributed by atoms with van der Waals surface area (Å²) in [6.07, 6.45) is -6.38. The molecular weight excluding hydrogens is 624 g/mol. The van der Waals surface area contributed by atoms with Crippen LogP contribution in [0.25, 0.3) is 0 Å². The van der Waals surface area contributed by atoms with E-state index in [0.29, 0.717) is 29.8 Å². The summed E-state index contributed by atoms with van der Waals surface area (Å²) >= 11 is 0. The van der Waals surface area contributed by atoms with Crippen molar-refractivity contribution in [3.63, 3.8) is 0 Å². The minimum absolute atomic E-state index is 0.156. The molecule has 0 saturated carbocycles. The van der Waals surface area contributed by atoms with Crippen LogP contribution in [-0.4, -0.2) is 41.2 Å². The number of methoxy groups -OCH3 is 2. The number of ether oxygens (including phenoxy) is 2. The highest BCUT2D eigenvalue weighted by Gasteiger charge is 2.32. The first-order valence-electron chi connectivity index (χ1n) is 12.0. The molecule has 1 amide bonds. The Balaban J connectivity index is 0.000000261. The Morgan fingerprint density at radius 2 is 1.20 bits per heavy atom. The van der Waals surface area contributed by atoms with E-state index in [2.05, 4.69) is 15.3 Å². The molecule has 2 aromatic heterocycles. The number of alkyl halides is 6. The number of aromatic carboxylic acids is 1. The Morgan fingerprint density at radius 3 is 1.60 bits per heavy atom. The molecule has 0 spiro atoms. The molecule has 0 atom stereocenters. The van der Waals surface area contributed by atoms with Gasteiger partial charge in [-0.15, -0.1) is 0 Å². The van der Waals surface area contributed by atoms with Crippen LogP contribution in [0.5, 0.6) is 11.8 Å². The second kappa shape index (κ2) is 15.3. The molecule has 0 saturated heterocycles. The number of anilines is 2. The number of benzene rings is 2. The van der Waals surface area contributed by atoms with Crippen molar-refractivity contribution in [3.8, 4) is 11.8 Å². The summed E-state index contributed by atoms with van der Waals surface area (Å²) in [4.78, 5) is 29.8. The number of carbonyl (C=O) groups excluding carboxylic acids is 1. The molecule has 0 radical (unpaired) electrons. The first kappa shape index (κ1) is 35.7. The number of carboxylic acid groups (broad SMARTS) is 1. The molecule has 4 rings (SSSR count). The van der Waals surface area contributed by atoms with Crippen molar-refractivity contribution in [1.82, 2.24) is 9.97 Å². The molecule has 0 unspecified atom stereocenters. The molecule has 240 valence electrons. The van der Waals surface area contributed by atoms with E-state index in [0.717, 1.165) is 6.07 Å². The molecule has 2 heterocycles. The van der Waals surface area contributed by atoms with Crippen LogP contribution < -0.4 is 20.5 Å². The fraction of sp³-hybridized carbons (Fsp3) is 0.143. The zero-order valence-corrected chi connectivity index (χ0v) is 23.0. The molecule has 4 N–H and O–H groups in total. The number of nitrogens with two attached hydrogens (primary N) is 1. The number of carboxylic acids is 1. The molecule has 45 heavy (non-hydrogen) atoms.